The molecule has 144 valence electrons. The van der Waals surface area contributed by atoms with Crippen molar-refractivity contribution in [1.29, 1.82) is 10.9 Å². The molecule has 12 nitrogen and oxygen atoms in total. The Labute approximate surface area is 158 Å². The first kappa shape index (κ1) is 20.9. The zero-order valence-corrected chi connectivity index (χ0v) is 15.3. The minimum absolute atomic E-state index is 0.312. The van der Waals surface area contributed by atoms with Crippen LogP contribution in [0.1, 0.15) is 11.1 Å². The minimum Gasteiger partial charge on any atom is -0.282 e. The molecule has 0 amide bonds. The fraction of sp³-hybridized carbons (Fsp3) is 0. The molecule has 0 aliphatic rings. The summed E-state index contributed by atoms with van der Waals surface area (Å²) >= 11 is 0. The summed E-state index contributed by atoms with van der Waals surface area (Å²) in [7, 11) is -9.54. The van der Waals surface area contributed by atoms with E-state index in [0.29, 0.717) is 0 Å². The molecule has 2 aromatic carbocycles. The number of rotatable bonds is 6. The molecule has 0 fully saturated rings. The van der Waals surface area contributed by atoms with Crippen molar-refractivity contribution in [3.05, 3.63) is 64.7 Å². The molecule has 0 saturated carbocycles. The van der Waals surface area contributed by atoms with E-state index in [0.717, 1.165) is 12.1 Å². The van der Waals surface area contributed by atoms with Crippen molar-refractivity contribution < 1.29 is 25.9 Å². The first-order chi connectivity index (χ1) is 13.1. The van der Waals surface area contributed by atoms with Gasteiger partial charge in [0.25, 0.3) is 25.6 Å². The van der Waals surface area contributed by atoms with Gasteiger partial charge in [0.2, 0.25) is 0 Å². The van der Waals surface area contributed by atoms with Crippen LogP contribution in [0.2, 0.25) is 0 Å². The highest BCUT2D eigenvalue weighted by Gasteiger charge is 2.29. The van der Waals surface area contributed by atoms with E-state index >= 15 is 0 Å². The molecule has 28 heavy (non-hydrogen) atoms. The predicted molar refractivity (Wildman–Crippen MR) is 95.8 cm³/mol. The first-order valence-corrected chi connectivity index (χ1v) is 10.00. The summed E-state index contributed by atoms with van der Waals surface area (Å²) < 4.78 is 65.6. The lowest BCUT2D eigenvalue weighted by atomic mass is 9.99. The number of hydrogen-bond donors (Lipinski definition) is 3. The fourth-order valence-corrected chi connectivity index (χ4v) is 3.71. The van der Waals surface area contributed by atoms with E-state index in [-0.39, 0.29) is 11.1 Å². The Kier molecular flexibility index (Phi) is 6.06. The van der Waals surface area contributed by atoms with Crippen LogP contribution in [0.4, 0.5) is 0 Å². The molecule has 0 spiro atoms. The lowest BCUT2D eigenvalue weighted by Gasteiger charge is -2.11. The molecule has 2 rings (SSSR count). The van der Waals surface area contributed by atoms with Crippen LogP contribution < -0.4 is 0 Å². The van der Waals surface area contributed by atoms with E-state index in [1.54, 1.807) is 0 Å². The van der Waals surface area contributed by atoms with E-state index in [1.165, 1.54) is 36.4 Å². The maximum atomic E-state index is 11.7. The molecule has 0 unspecified atom stereocenters. The van der Waals surface area contributed by atoms with Gasteiger partial charge in [0.1, 0.15) is 15.5 Å². The smallest absolute Gasteiger partial charge is 0.282 e. The Morgan fingerprint density at radius 2 is 1.29 bits per heavy atom. The average Bonchev–Trinajstić information content (AvgIpc) is 2.63. The molecule has 0 saturated heterocycles. The monoisotopic (exact) mass is 423 g/mol. The number of diazo groups is 1. The Balaban J connectivity index is 2.92. The third-order valence-corrected chi connectivity index (χ3v) is 5.18. The van der Waals surface area contributed by atoms with Gasteiger partial charge >= 0.3 is 5.08 Å². The molecule has 0 bridgehead atoms. The quantitative estimate of drug-likeness (QED) is 0.208. The summed E-state index contributed by atoms with van der Waals surface area (Å²) in [5, 5.41) is 21.1. The van der Waals surface area contributed by atoms with E-state index in [1.807, 2.05) is 0 Å². The Bertz CT molecular complexity index is 1250. The zero-order chi connectivity index (χ0) is 20.9. The summed E-state index contributed by atoms with van der Waals surface area (Å²) in [6.45, 7) is 0. The summed E-state index contributed by atoms with van der Waals surface area (Å²) in [6.07, 6.45) is 0. The second kappa shape index (κ2) is 8.10. The normalized spacial score (nSPS) is 13.0. The number of hydrogen-bond acceptors (Lipinski definition) is 8. The fourth-order valence-electron chi connectivity index (χ4n) is 2.33. The molecular weight excluding hydrogens is 412 g/mol. The molecule has 0 atom stereocenters. The SMILES string of the molecule is N#[N+]N=C(C(=NN=N)c1ccccc1S(=O)(=O)O)c1ccccc1S(=O)(=O)O. The summed E-state index contributed by atoms with van der Waals surface area (Å²) in [4.78, 5) is -1.30. The molecule has 3 N–H and O–H groups in total. The number of nitrogens with zero attached hydrogens (tertiary/aromatic N) is 5. The predicted octanol–water partition coefficient (Wildman–Crippen LogP) is 2.17. The summed E-state index contributed by atoms with van der Waals surface area (Å²) in [6, 6.07) is 9.69. The summed E-state index contributed by atoms with van der Waals surface area (Å²) in [5.41, 5.74) is 5.29. The second-order valence-electron chi connectivity index (χ2n) is 5.03. The Morgan fingerprint density at radius 3 is 1.68 bits per heavy atom. The van der Waals surface area contributed by atoms with Crippen molar-refractivity contribution in [3.8, 4) is 0 Å². The zero-order valence-electron chi connectivity index (χ0n) is 13.7. The van der Waals surface area contributed by atoms with Crippen LogP contribution >= 0.6 is 0 Å². The number of benzene rings is 2. The van der Waals surface area contributed by atoms with Gasteiger partial charge < -0.3 is 0 Å². The van der Waals surface area contributed by atoms with Gasteiger partial charge in [-0.15, -0.1) is 5.10 Å². The van der Waals surface area contributed by atoms with Crippen molar-refractivity contribution >= 4 is 31.7 Å². The van der Waals surface area contributed by atoms with E-state index < -0.39 is 41.5 Å². The van der Waals surface area contributed by atoms with Gasteiger partial charge in [-0.25, -0.2) is 0 Å². The van der Waals surface area contributed by atoms with Gasteiger partial charge in [-0.1, -0.05) is 41.6 Å². The van der Waals surface area contributed by atoms with Crippen LogP contribution in [0, 0.1) is 10.9 Å². The lowest BCUT2D eigenvalue weighted by Crippen LogP contribution is -2.22. The van der Waals surface area contributed by atoms with Crippen molar-refractivity contribution in [3.63, 3.8) is 0 Å². The van der Waals surface area contributed by atoms with Crippen molar-refractivity contribution in [1.82, 2.24) is 0 Å². The molecule has 0 aromatic heterocycles. The van der Waals surface area contributed by atoms with E-state index in [2.05, 4.69) is 20.5 Å². The molecule has 0 heterocycles. The van der Waals surface area contributed by atoms with E-state index in [9.17, 15) is 25.9 Å². The van der Waals surface area contributed by atoms with Crippen LogP contribution in [0.3, 0.4) is 0 Å². The van der Waals surface area contributed by atoms with Crippen LogP contribution in [0.15, 0.2) is 73.7 Å². The van der Waals surface area contributed by atoms with Gasteiger partial charge in [-0.2, -0.15) is 22.4 Å². The molecule has 0 radical (unpaired) electrons. The van der Waals surface area contributed by atoms with Crippen LogP contribution in [0.25, 0.3) is 5.08 Å². The number of nitrogens with one attached hydrogen (secondary N) is 1. The third-order valence-electron chi connectivity index (χ3n) is 3.36. The van der Waals surface area contributed by atoms with Crippen molar-refractivity contribution in [2.24, 2.45) is 15.4 Å². The van der Waals surface area contributed by atoms with Crippen LogP contribution in [-0.4, -0.2) is 37.4 Å². The molecule has 14 heteroatoms. The second-order valence-corrected chi connectivity index (χ2v) is 7.81. The largest absolute Gasteiger partial charge is 0.339 e. The van der Waals surface area contributed by atoms with Gasteiger partial charge in [-0.3, -0.25) is 9.11 Å². The van der Waals surface area contributed by atoms with Gasteiger partial charge in [0.05, 0.1) is 0 Å². The van der Waals surface area contributed by atoms with Crippen molar-refractivity contribution in [2.45, 2.75) is 9.79 Å². The maximum Gasteiger partial charge on any atom is 0.339 e. The molecule has 0 aliphatic heterocycles. The molecule has 2 aromatic rings. The first-order valence-electron chi connectivity index (χ1n) is 7.12. The third kappa shape index (κ3) is 4.47. The standard InChI is InChI=1S/C14H10N6O6S2/c15-19-17-13(9-5-1-3-7-11(9)27(21,22)23)14(18-20-16)10-6-2-4-8-12(10)28(24,25)26/h1-8,15H,(H-,21,22,23,24,25,26)/p+1. The lowest BCUT2D eigenvalue weighted by molar-refractivity contribution is 0.480. The highest BCUT2D eigenvalue weighted by molar-refractivity contribution is 7.86. The molecular formula is C14H11N6O6S2+. The Morgan fingerprint density at radius 1 is 0.857 bits per heavy atom. The van der Waals surface area contributed by atoms with Gasteiger partial charge in [-0.05, 0) is 12.1 Å². The van der Waals surface area contributed by atoms with Gasteiger partial charge in [0.15, 0.2) is 10.8 Å². The average molecular weight is 423 g/mol. The van der Waals surface area contributed by atoms with Crippen LogP contribution in [-0.2, 0) is 20.2 Å². The molecule has 0 aliphatic carbocycles. The Hall–Kier alpha value is -3.38. The minimum atomic E-state index is -4.77. The van der Waals surface area contributed by atoms with Gasteiger partial charge in [0, 0.05) is 11.1 Å². The van der Waals surface area contributed by atoms with Crippen molar-refractivity contribution in [2.75, 3.05) is 0 Å². The highest BCUT2D eigenvalue weighted by atomic mass is 32.2. The van der Waals surface area contributed by atoms with Crippen LogP contribution in [0.5, 0.6) is 0 Å². The maximum absolute atomic E-state index is 11.7. The topological polar surface area (TPSA) is 198 Å². The summed E-state index contributed by atoms with van der Waals surface area (Å²) in [5.74, 6) is 0. The highest BCUT2D eigenvalue weighted by Crippen LogP contribution is 2.23. The van der Waals surface area contributed by atoms with E-state index in [4.69, 9.17) is 10.9 Å².